The average Bonchev–Trinajstić information content (AvgIpc) is 2.73. The molecule has 84 valence electrons. The molecular formula is C9H16BrN5. The fourth-order valence-corrected chi connectivity index (χ4v) is 2.62. The third-order valence-corrected chi connectivity index (χ3v) is 3.20. The average molecular weight is 274 g/mol. The first kappa shape index (κ1) is 10.9. The molecule has 2 atom stereocenters. The molecule has 2 unspecified atom stereocenters. The Balaban J connectivity index is 2.11. The Hall–Kier alpha value is -0.650. The summed E-state index contributed by atoms with van der Waals surface area (Å²) < 4.78 is 1.75. The van der Waals surface area contributed by atoms with E-state index in [2.05, 4.69) is 43.3 Å². The van der Waals surface area contributed by atoms with E-state index in [1.807, 2.05) is 7.05 Å². The van der Waals surface area contributed by atoms with E-state index in [4.69, 9.17) is 0 Å². The monoisotopic (exact) mass is 273 g/mol. The Bertz CT molecular complexity index is 324. The molecule has 0 aliphatic carbocycles. The summed E-state index contributed by atoms with van der Waals surface area (Å²) in [6.07, 6.45) is 3.62. The van der Waals surface area contributed by atoms with Crippen molar-refractivity contribution in [2.75, 3.05) is 11.4 Å². The first-order chi connectivity index (χ1) is 7.18. The maximum absolute atomic E-state index is 4.07. The van der Waals surface area contributed by atoms with Crippen LogP contribution in [-0.2, 0) is 7.05 Å². The van der Waals surface area contributed by atoms with Crippen LogP contribution in [0.25, 0.3) is 0 Å². The molecule has 1 aliphatic rings. The molecule has 2 heterocycles. The van der Waals surface area contributed by atoms with Crippen molar-refractivity contribution in [2.45, 2.75) is 37.1 Å². The Morgan fingerprint density at radius 3 is 3.00 bits per heavy atom. The van der Waals surface area contributed by atoms with Gasteiger partial charge in [0.1, 0.15) is 0 Å². The second-order valence-corrected chi connectivity index (χ2v) is 5.67. The number of nitrogens with zero attached hydrogens (tertiary/aromatic N) is 5. The molecule has 1 aliphatic heterocycles. The molecule has 0 amide bonds. The van der Waals surface area contributed by atoms with Gasteiger partial charge in [-0.15, -0.1) is 0 Å². The first-order valence-corrected chi connectivity index (χ1v) is 6.23. The molecule has 0 spiro atoms. The fourth-order valence-electron chi connectivity index (χ4n) is 2.19. The van der Waals surface area contributed by atoms with Crippen molar-refractivity contribution < 1.29 is 0 Å². The van der Waals surface area contributed by atoms with Crippen LogP contribution in [0.3, 0.4) is 0 Å². The van der Waals surface area contributed by atoms with Crippen LogP contribution in [0.1, 0.15) is 26.2 Å². The molecule has 1 saturated heterocycles. The summed E-state index contributed by atoms with van der Waals surface area (Å²) in [5, 5.41) is 11.6. The van der Waals surface area contributed by atoms with Crippen LogP contribution in [0.4, 0.5) is 5.95 Å². The lowest BCUT2D eigenvalue weighted by molar-refractivity contribution is 0.590. The predicted octanol–water partition coefficient (Wildman–Crippen LogP) is 1.35. The van der Waals surface area contributed by atoms with Crippen molar-refractivity contribution in [1.82, 2.24) is 20.2 Å². The number of halogens is 1. The predicted molar refractivity (Wildman–Crippen MR) is 62.2 cm³/mol. The summed E-state index contributed by atoms with van der Waals surface area (Å²) in [7, 11) is 1.89. The van der Waals surface area contributed by atoms with Crippen molar-refractivity contribution in [3.63, 3.8) is 0 Å². The number of aryl methyl sites for hydroxylation is 1. The highest BCUT2D eigenvalue weighted by Crippen LogP contribution is 2.26. The Kier molecular flexibility index (Phi) is 3.23. The third-order valence-electron chi connectivity index (χ3n) is 2.83. The number of aromatic nitrogens is 4. The largest absolute Gasteiger partial charge is 0.337 e. The Labute approximate surface area is 98.0 Å². The molecule has 1 fully saturated rings. The van der Waals surface area contributed by atoms with Crippen LogP contribution in [0.15, 0.2) is 0 Å². The highest BCUT2D eigenvalue weighted by atomic mass is 79.9. The highest BCUT2D eigenvalue weighted by molar-refractivity contribution is 9.09. The van der Waals surface area contributed by atoms with Crippen molar-refractivity contribution in [3.8, 4) is 0 Å². The number of tetrazole rings is 1. The van der Waals surface area contributed by atoms with E-state index in [-0.39, 0.29) is 0 Å². The van der Waals surface area contributed by atoms with E-state index in [9.17, 15) is 0 Å². The zero-order valence-corrected chi connectivity index (χ0v) is 10.7. The van der Waals surface area contributed by atoms with Gasteiger partial charge in [-0.1, -0.05) is 28.0 Å². The van der Waals surface area contributed by atoms with E-state index in [1.54, 1.807) is 4.68 Å². The molecule has 6 heteroatoms. The standard InChI is InChI=1S/C9H16BrN5/c1-7(10)6-8-4-3-5-15(8)9-11-12-13-14(9)2/h7-8H,3-6H2,1-2H3. The van der Waals surface area contributed by atoms with Gasteiger partial charge in [-0.25, -0.2) is 4.68 Å². The van der Waals surface area contributed by atoms with Crippen LogP contribution in [0.5, 0.6) is 0 Å². The van der Waals surface area contributed by atoms with Gasteiger partial charge in [-0.2, -0.15) is 0 Å². The smallest absolute Gasteiger partial charge is 0.245 e. The van der Waals surface area contributed by atoms with Gasteiger partial charge in [0, 0.05) is 24.5 Å². The van der Waals surface area contributed by atoms with Crippen molar-refractivity contribution in [1.29, 1.82) is 0 Å². The van der Waals surface area contributed by atoms with Gasteiger partial charge in [-0.3, -0.25) is 0 Å². The van der Waals surface area contributed by atoms with Crippen LogP contribution in [0, 0.1) is 0 Å². The molecular weight excluding hydrogens is 258 g/mol. The number of anilines is 1. The van der Waals surface area contributed by atoms with Crippen LogP contribution >= 0.6 is 15.9 Å². The lowest BCUT2D eigenvalue weighted by Crippen LogP contribution is -2.32. The maximum atomic E-state index is 4.07. The molecule has 0 N–H and O–H groups in total. The van der Waals surface area contributed by atoms with Gasteiger partial charge in [0.2, 0.25) is 5.95 Å². The summed E-state index contributed by atoms with van der Waals surface area (Å²) >= 11 is 3.61. The van der Waals surface area contributed by atoms with E-state index in [1.165, 1.54) is 12.8 Å². The fraction of sp³-hybridized carbons (Fsp3) is 0.889. The SMILES string of the molecule is CC(Br)CC1CCCN1c1nnnn1C. The first-order valence-electron chi connectivity index (χ1n) is 5.31. The summed E-state index contributed by atoms with van der Waals surface area (Å²) in [5.41, 5.74) is 0. The minimum atomic E-state index is 0.546. The van der Waals surface area contributed by atoms with Gasteiger partial charge in [0.15, 0.2) is 0 Å². The quantitative estimate of drug-likeness (QED) is 0.781. The summed E-state index contributed by atoms with van der Waals surface area (Å²) in [5.74, 6) is 0.894. The number of hydrogen-bond donors (Lipinski definition) is 0. The summed E-state index contributed by atoms with van der Waals surface area (Å²) in [6.45, 7) is 3.25. The Morgan fingerprint density at radius 2 is 2.40 bits per heavy atom. The molecule has 0 radical (unpaired) electrons. The minimum absolute atomic E-state index is 0.546. The second-order valence-electron chi connectivity index (χ2n) is 4.11. The summed E-state index contributed by atoms with van der Waals surface area (Å²) in [4.78, 5) is 2.86. The molecule has 15 heavy (non-hydrogen) atoms. The van der Waals surface area contributed by atoms with Gasteiger partial charge in [0.05, 0.1) is 0 Å². The number of alkyl halides is 1. The molecule has 0 aromatic carbocycles. The lowest BCUT2D eigenvalue weighted by atomic mass is 10.1. The van der Waals surface area contributed by atoms with Crippen LogP contribution in [-0.4, -0.2) is 37.6 Å². The van der Waals surface area contributed by atoms with Gasteiger partial charge in [0.25, 0.3) is 0 Å². The Morgan fingerprint density at radius 1 is 1.60 bits per heavy atom. The third kappa shape index (κ3) is 2.30. The van der Waals surface area contributed by atoms with Crippen molar-refractivity contribution in [3.05, 3.63) is 0 Å². The van der Waals surface area contributed by atoms with Crippen molar-refractivity contribution in [2.24, 2.45) is 7.05 Å². The lowest BCUT2D eigenvalue weighted by Gasteiger charge is -2.25. The van der Waals surface area contributed by atoms with E-state index in [0.717, 1.165) is 18.9 Å². The summed E-state index contributed by atoms with van der Waals surface area (Å²) in [6, 6.07) is 0.573. The molecule has 1 aromatic rings. The van der Waals surface area contributed by atoms with Crippen LogP contribution in [0.2, 0.25) is 0 Å². The second kappa shape index (κ2) is 4.47. The van der Waals surface area contributed by atoms with E-state index >= 15 is 0 Å². The number of rotatable bonds is 3. The highest BCUT2D eigenvalue weighted by Gasteiger charge is 2.28. The van der Waals surface area contributed by atoms with Crippen molar-refractivity contribution >= 4 is 21.9 Å². The molecule has 1 aromatic heterocycles. The van der Waals surface area contributed by atoms with E-state index in [0.29, 0.717) is 10.9 Å². The molecule has 2 rings (SSSR count). The topological polar surface area (TPSA) is 46.8 Å². The minimum Gasteiger partial charge on any atom is -0.337 e. The van der Waals surface area contributed by atoms with Gasteiger partial charge in [-0.05, 0) is 29.7 Å². The van der Waals surface area contributed by atoms with Gasteiger partial charge < -0.3 is 4.90 Å². The van der Waals surface area contributed by atoms with Gasteiger partial charge >= 0.3 is 0 Å². The van der Waals surface area contributed by atoms with E-state index < -0.39 is 0 Å². The molecule has 0 bridgehead atoms. The zero-order chi connectivity index (χ0) is 10.8. The molecule has 5 nitrogen and oxygen atoms in total. The number of hydrogen-bond acceptors (Lipinski definition) is 4. The molecule has 0 saturated carbocycles. The normalized spacial score (nSPS) is 23.4. The maximum Gasteiger partial charge on any atom is 0.245 e. The zero-order valence-electron chi connectivity index (χ0n) is 9.10. The van der Waals surface area contributed by atoms with Crippen LogP contribution < -0.4 is 4.90 Å².